The molecule has 0 aliphatic carbocycles. The number of rotatable bonds is 6. The molecule has 0 spiro atoms. The smallest absolute Gasteiger partial charge is 0.0593 e. The molecule has 1 nitrogen and oxygen atoms in total. The summed E-state index contributed by atoms with van der Waals surface area (Å²) in [6.07, 6.45) is 0. The van der Waals surface area contributed by atoms with Crippen molar-refractivity contribution in [2.75, 3.05) is 13.2 Å². The molecule has 0 fully saturated rings. The average molecular weight is 258 g/mol. The van der Waals surface area contributed by atoms with E-state index < -0.39 is 0 Å². The summed E-state index contributed by atoms with van der Waals surface area (Å²) in [5.41, 5.74) is 0. The molecule has 0 aliphatic heterocycles. The molecule has 0 amide bonds. The largest absolute Gasteiger partial charge is 0.379 e. The molecule has 0 heterocycles. The van der Waals surface area contributed by atoms with E-state index in [1.54, 1.807) is 0 Å². The normalized spacial score (nSPS) is 20.8. The highest BCUT2D eigenvalue weighted by molar-refractivity contribution is 7.85. The standard InChI is InChI=1S/C8H18OS4/c1-5(10)7(12)3-9-4-8(13)6(2)11/h5-8,10-13H,3-4H2,1-2H3. The van der Waals surface area contributed by atoms with Gasteiger partial charge in [0.1, 0.15) is 0 Å². The van der Waals surface area contributed by atoms with E-state index in [0.29, 0.717) is 13.2 Å². The van der Waals surface area contributed by atoms with Crippen LogP contribution in [0.25, 0.3) is 0 Å². The van der Waals surface area contributed by atoms with Gasteiger partial charge in [-0.15, -0.1) is 0 Å². The van der Waals surface area contributed by atoms with Crippen LogP contribution >= 0.6 is 50.5 Å². The summed E-state index contributed by atoms with van der Waals surface area (Å²) in [5.74, 6) is 0. The Labute approximate surface area is 103 Å². The van der Waals surface area contributed by atoms with Gasteiger partial charge in [-0.05, 0) is 0 Å². The summed E-state index contributed by atoms with van der Waals surface area (Å²) >= 11 is 17.2. The molecule has 80 valence electrons. The third-order valence-electron chi connectivity index (χ3n) is 1.69. The quantitative estimate of drug-likeness (QED) is 0.535. The van der Waals surface area contributed by atoms with E-state index >= 15 is 0 Å². The molecule has 4 unspecified atom stereocenters. The molecular weight excluding hydrogens is 240 g/mol. The maximum absolute atomic E-state index is 5.43. The Morgan fingerprint density at radius 3 is 1.38 bits per heavy atom. The van der Waals surface area contributed by atoms with Gasteiger partial charge in [0.05, 0.1) is 13.2 Å². The third kappa shape index (κ3) is 7.31. The lowest BCUT2D eigenvalue weighted by atomic mass is 10.3. The van der Waals surface area contributed by atoms with Gasteiger partial charge in [-0.1, -0.05) is 13.8 Å². The van der Waals surface area contributed by atoms with E-state index in [1.165, 1.54) is 0 Å². The molecule has 0 radical (unpaired) electrons. The predicted octanol–water partition coefficient (Wildman–Crippen LogP) is 2.24. The Kier molecular flexibility index (Phi) is 8.42. The fraction of sp³-hybridized carbons (Fsp3) is 1.00. The molecule has 0 saturated heterocycles. The Bertz CT molecular complexity index is 115. The lowest BCUT2D eigenvalue weighted by Gasteiger charge is -2.17. The summed E-state index contributed by atoms with van der Waals surface area (Å²) in [6, 6.07) is 0. The van der Waals surface area contributed by atoms with Crippen LogP contribution in [-0.2, 0) is 4.74 Å². The predicted molar refractivity (Wildman–Crippen MR) is 73.3 cm³/mol. The van der Waals surface area contributed by atoms with Crippen molar-refractivity contribution in [3.8, 4) is 0 Å². The van der Waals surface area contributed by atoms with Gasteiger partial charge in [0, 0.05) is 21.0 Å². The summed E-state index contributed by atoms with van der Waals surface area (Å²) in [4.78, 5) is 0. The first-order chi connectivity index (χ1) is 5.95. The molecule has 4 atom stereocenters. The molecule has 0 aromatic carbocycles. The highest BCUT2D eigenvalue weighted by atomic mass is 32.1. The van der Waals surface area contributed by atoms with Crippen LogP contribution in [0.2, 0.25) is 0 Å². The second-order valence-corrected chi connectivity index (χ2v) is 6.11. The minimum absolute atomic E-state index is 0.180. The summed E-state index contributed by atoms with van der Waals surface area (Å²) < 4.78 is 5.43. The molecule has 13 heavy (non-hydrogen) atoms. The first-order valence-electron chi connectivity index (χ1n) is 4.25. The van der Waals surface area contributed by atoms with Gasteiger partial charge in [0.25, 0.3) is 0 Å². The van der Waals surface area contributed by atoms with E-state index in [-0.39, 0.29) is 21.0 Å². The van der Waals surface area contributed by atoms with Crippen molar-refractivity contribution >= 4 is 50.5 Å². The molecule has 0 aliphatic rings. The van der Waals surface area contributed by atoms with Crippen molar-refractivity contribution in [2.45, 2.75) is 34.8 Å². The zero-order valence-electron chi connectivity index (χ0n) is 7.92. The van der Waals surface area contributed by atoms with Crippen molar-refractivity contribution in [3.05, 3.63) is 0 Å². The van der Waals surface area contributed by atoms with Crippen LogP contribution in [0, 0.1) is 0 Å². The summed E-state index contributed by atoms with van der Waals surface area (Å²) in [7, 11) is 0. The fourth-order valence-electron chi connectivity index (χ4n) is 0.588. The van der Waals surface area contributed by atoms with Gasteiger partial charge in [-0.25, -0.2) is 0 Å². The van der Waals surface area contributed by atoms with Crippen LogP contribution in [-0.4, -0.2) is 34.2 Å². The molecule has 0 aromatic heterocycles. The molecule has 5 heteroatoms. The highest BCUT2D eigenvalue weighted by Crippen LogP contribution is 2.11. The Hall–Kier alpha value is 1.36. The SMILES string of the molecule is CC(S)C(S)COCC(S)C(C)S. The zero-order valence-corrected chi connectivity index (χ0v) is 11.5. The number of hydrogen-bond acceptors (Lipinski definition) is 5. The molecule has 0 rings (SSSR count). The zero-order chi connectivity index (χ0) is 10.4. The van der Waals surface area contributed by atoms with Crippen LogP contribution < -0.4 is 0 Å². The maximum atomic E-state index is 5.43. The van der Waals surface area contributed by atoms with Crippen molar-refractivity contribution in [1.82, 2.24) is 0 Å². The molecule has 0 aromatic rings. The van der Waals surface area contributed by atoms with Crippen LogP contribution in [0.3, 0.4) is 0 Å². The van der Waals surface area contributed by atoms with Gasteiger partial charge in [-0.2, -0.15) is 50.5 Å². The van der Waals surface area contributed by atoms with Gasteiger partial charge in [-0.3, -0.25) is 0 Å². The fourth-order valence-corrected chi connectivity index (χ4v) is 0.971. The Morgan fingerprint density at radius 2 is 1.15 bits per heavy atom. The highest BCUT2D eigenvalue weighted by Gasteiger charge is 2.12. The van der Waals surface area contributed by atoms with Gasteiger partial charge < -0.3 is 4.74 Å². The number of thiol groups is 4. The number of hydrogen-bond donors (Lipinski definition) is 4. The van der Waals surface area contributed by atoms with E-state index in [9.17, 15) is 0 Å². The third-order valence-corrected chi connectivity index (χ3v) is 4.07. The van der Waals surface area contributed by atoms with Crippen molar-refractivity contribution in [3.63, 3.8) is 0 Å². The van der Waals surface area contributed by atoms with Crippen molar-refractivity contribution in [2.24, 2.45) is 0 Å². The molecule has 0 bridgehead atoms. The van der Waals surface area contributed by atoms with Crippen LogP contribution in [0.15, 0.2) is 0 Å². The van der Waals surface area contributed by atoms with Gasteiger partial charge in [0.15, 0.2) is 0 Å². The topological polar surface area (TPSA) is 9.23 Å². The van der Waals surface area contributed by atoms with Crippen LogP contribution in [0.4, 0.5) is 0 Å². The van der Waals surface area contributed by atoms with E-state index in [1.807, 2.05) is 13.8 Å². The second kappa shape index (κ2) is 7.63. The van der Waals surface area contributed by atoms with E-state index in [2.05, 4.69) is 50.5 Å². The molecule has 0 saturated carbocycles. The first kappa shape index (κ1) is 14.4. The lowest BCUT2D eigenvalue weighted by Crippen LogP contribution is -2.24. The van der Waals surface area contributed by atoms with Crippen LogP contribution in [0.5, 0.6) is 0 Å². The minimum atomic E-state index is 0.180. The summed E-state index contributed by atoms with van der Waals surface area (Å²) in [5, 5.41) is 0.850. The second-order valence-electron chi connectivity index (χ2n) is 3.15. The lowest BCUT2D eigenvalue weighted by molar-refractivity contribution is 0.137. The van der Waals surface area contributed by atoms with E-state index in [4.69, 9.17) is 4.74 Å². The summed E-state index contributed by atoms with van der Waals surface area (Å²) in [6.45, 7) is 5.24. The average Bonchev–Trinajstić information content (AvgIpc) is 2.03. The number of ether oxygens (including phenoxy) is 1. The Morgan fingerprint density at radius 1 is 0.846 bits per heavy atom. The van der Waals surface area contributed by atoms with Crippen LogP contribution in [0.1, 0.15) is 13.8 Å². The van der Waals surface area contributed by atoms with Crippen molar-refractivity contribution in [1.29, 1.82) is 0 Å². The van der Waals surface area contributed by atoms with Gasteiger partial charge in [0.2, 0.25) is 0 Å². The molecule has 0 N–H and O–H groups in total. The Balaban J connectivity index is 3.45. The first-order valence-corrected chi connectivity index (χ1v) is 6.31. The van der Waals surface area contributed by atoms with Crippen molar-refractivity contribution < 1.29 is 4.74 Å². The molecular formula is C8H18OS4. The van der Waals surface area contributed by atoms with E-state index in [0.717, 1.165) is 0 Å². The minimum Gasteiger partial charge on any atom is -0.379 e. The van der Waals surface area contributed by atoms with Gasteiger partial charge >= 0.3 is 0 Å². The monoisotopic (exact) mass is 258 g/mol. The maximum Gasteiger partial charge on any atom is 0.0593 e.